The van der Waals surface area contributed by atoms with Crippen LogP contribution in [0.2, 0.25) is 0 Å². The molecule has 104 valence electrons. The van der Waals surface area contributed by atoms with Crippen LogP contribution in [-0.4, -0.2) is 41.1 Å². The van der Waals surface area contributed by atoms with Gasteiger partial charge < -0.3 is 40.1 Å². The zero-order valence-electron chi connectivity index (χ0n) is 9.69. The van der Waals surface area contributed by atoms with Crippen molar-refractivity contribution in [2.24, 2.45) is 0 Å². The number of nitrogens with one attached hydrogen (secondary N) is 1. The van der Waals surface area contributed by atoms with Gasteiger partial charge in [0.1, 0.15) is 0 Å². The minimum absolute atomic E-state index is 0. The Balaban J connectivity index is -0.00000128. The Morgan fingerprint density at radius 3 is 1.58 bits per heavy atom. The first-order valence-corrected chi connectivity index (χ1v) is 4.33. The minimum Gasteiger partial charge on any atom is -0.550 e. The third-order valence-electron chi connectivity index (χ3n) is 1.72. The van der Waals surface area contributed by atoms with Crippen molar-refractivity contribution in [1.82, 2.24) is 5.32 Å². The van der Waals surface area contributed by atoms with E-state index in [1.165, 1.54) is 0 Å². The maximum absolute atomic E-state index is 10.5. The van der Waals surface area contributed by atoms with Crippen molar-refractivity contribution in [2.75, 3.05) is 0 Å². The quantitative estimate of drug-likeness (QED) is 0.411. The number of hydrogen-bond acceptors (Lipinski definition) is 8. The first kappa shape index (κ1) is 23.4. The molecule has 0 aliphatic heterocycles. The fourth-order valence-corrected chi connectivity index (χ4v) is 1.00. The molecule has 0 aromatic carbocycles. The van der Waals surface area contributed by atoms with Crippen LogP contribution in [0.1, 0.15) is 12.8 Å². The van der Waals surface area contributed by atoms with Crippen molar-refractivity contribution in [2.45, 2.75) is 24.9 Å². The van der Waals surface area contributed by atoms with Crippen molar-refractivity contribution in [1.29, 1.82) is 0 Å². The van der Waals surface area contributed by atoms with E-state index < -0.39 is 48.8 Å². The number of carbonyl (C=O) groups excluding carboxylic acids is 3. The predicted octanol–water partition coefficient (Wildman–Crippen LogP) is -8.57. The third-order valence-corrected chi connectivity index (χ3v) is 1.72. The Hall–Kier alpha value is -0.666. The molecule has 19 heavy (non-hydrogen) atoms. The van der Waals surface area contributed by atoms with Crippen molar-refractivity contribution in [3.8, 4) is 0 Å². The second kappa shape index (κ2) is 11.2. The molecule has 2 N–H and O–H groups in total. The molecule has 0 amide bonds. The maximum atomic E-state index is 10.5. The average molecular weight is 328 g/mol. The van der Waals surface area contributed by atoms with E-state index in [2.05, 4.69) is 0 Å². The Bertz CT molecular complexity index is 318. The number of carboxylic acid groups (broad SMARTS) is 4. The van der Waals surface area contributed by atoms with Crippen molar-refractivity contribution < 1.29 is 85.7 Å². The smallest absolute Gasteiger partial charge is 0.550 e. The first-order chi connectivity index (χ1) is 7.73. The van der Waals surface area contributed by atoms with Crippen LogP contribution >= 0.6 is 0 Å². The van der Waals surface area contributed by atoms with E-state index in [1.54, 1.807) is 5.32 Å². The van der Waals surface area contributed by atoms with Gasteiger partial charge in [-0.3, -0.25) is 4.79 Å². The summed E-state index contributed by atoms with van der Waals surface area (Å²) in [6.07, 6.45) is -2.01. The summed E-state index contributed by atoms with van der Waals surface area (Å²) < 4.78 is 0. The maximum Gasteiger partial charge on any atom is 2.00 e. The van der Waals surface area contributed by atoms with Gasteiger partial charge in [0.05, 0.1) is 30.4 Å². The molecular formula is C8H8NNaNiO8. The minimum atomic E-state index is -1.88. The summed E-state index contributed by atoms with van der Waals surface area (Å²) in [7, 11) is 0. The number of hydrogen-bond donors (Lipinski definition) is 2. The van der Waals surface area contributed by atoms with Gasteiger partial charge in [0.25, 0.3) is 0 Å². The SMILES string of the molecule is O=C([O-])CC(NC(CC(=O)O)C(=O)[O-])C(=O)[O-].[Na+].[Ni+2]. The topological polar surface area (TPSA) is 170 Å². The van der Waals surface area contributed by atoms with E-state index in [1.807, 2.05) is 0 Å². The Kier molecular flexibility index (Phi) is 13.8. The molecule has 0 spiro atoms. The fourth-order valence-electron chi connectivity index (χ4n) is 1.00. The molecule has 0 rings (SSSR count). The zero-order valence-corrected chi connectivity index (χ0v) is 12.7. The van der Waals surface area contributed by atoms with Gasteiger partial charge in [-0.2, -0.15) is 0 Å². The molecule has 0 saturated carbocycles. The number of carbonyl (C=O) groups is 4. The molecule has 0 aromatic heterocycles. The summed E-state index contributed by atoms with van der Waals surface area (Å²) in [5.74, 6) is -7.01. The molecular weight excluding hydrogens is 320 g/mol. The first-order valence-electron chi connectivity index (χ1n) is 4.33. The number of rotatable bonds is 8. The third kappa shape index (κ3) is 10.9. The van der Waals surface area contributed by atoms with E-state index in [0.29, 0.717) is 0 Å². The van der Waals surface area contributed by atoms with Gasteiger partial charge in [0, 0.05) is 12.4 Å². The van der Waals surface area contributed by atoms with E-state index in [9.17, 15) is 34.5 Å². The van der Waals surface area contributed by atoms with E-state index in [4.69, 9.17) is 5.11 Å². The molecule has 2 atom stereocenters. The molecule has 0 saturated heterocycles. The normalized spacial score (nSPS) is 12.2. The van der Waals surface area contributed by atoms with Gasteiger partial charge in [-0.1, -0.05) is 0 Å². The number of aliphatic carboxylic acids is 4. The van der Waals surface area contributed by atoms with Crippen LogP contribution in [0.15, 0.2) is 0 Å². The molecule has 0 bridgehead atoms. The van der Waals surface area contributed by atoms with Gasteiger partial charge in [0.15, 0.2) is 0 Å². The number of carboxylic acids is 4. The fraction of sp³-hybridized carbons (Fsp3) is 0.500. The molecule has 0 radical (unpaired) electrons. The van der Waals surface area contributed by atoms with Crippen molar-refractivity contribution >= 4 is 23.9 Å². The van der Waals surface area contributed by atoms with Crippen LogP contribution in [-0.2, 0) is 35.7 Å². The van der Waals surface area contributed by atoms with Gasteiger partial charge in [-0.05, 0) is 0 Å². The standard InChI is InChI=1S/C8H11NO8.Na.Ni/c10-5(11)1-3(7(14)15)9-4(8(16)17)2-6(12)13;;/h3-4,9H,1-2H2,(H,10,11)(H,12,13)(H,14,15)(H,16,17);;/q;+1;+2/p-3. The van der Waals surface area contributed by atoms with Gasteiger partial charge in [-0.15, -0.1) is 0 Å². The molecule has 11 heteroatoms. The summed E-state index contributed by atoms with van der Waals surface area (Å²) in [5.41, 5.74) is 0. The second-order valence-corrected chi connectivity index (χ2v) is 3.08. The van der Waals surface area contributed by atoms with E-state index in [0.717, 1.165) is 0 Å². The largest absolute Gasteiger partial charge is 2.00 e. The molecule has 0 heterocycles. The summed E-state index contributed by atoms with van der Waals surface area (Å²) in [6, 6.07) is -3.71. The van der Waals surface area contributed by atoms with Gasteiger partial charge in [0.2, 0.25) is 0 Å². The summed E-state index contributed by atoms with van der Waals surface area (Å²) in [6.45, 7) is 0. The molecule has 0 aromatic rings. The summed E-state index contributed by atoms with van der Waals surface area (Å²) in [5, 5.41) is 41.2. The van der Waals surface area contributed by atoms with Crippen LogP contribution in [0.5, 0.6) is 0 Å². The van der Waals surface area contributed by atoms with E-state index >= 15 is 0 Å². The molecule has 0 aliphatic rings. The Morgan fingerprint density at radius 1 is 0.947 bits per heavy atom. The Labute approximate surface area is 139 Å². The van der Waals surface area contributed by atoms with Crippen LogP contribution < -0.4 is 50.2 Å². The van der Waals surface area contributed by atoms with Gasteiger partial charge >= 0.3 is 52.0 Å². The van der Waals surface area contributed by atoms with Crippen LogP contribution in [0.25, 0.3) is 0 Å². The average Bonchev–Trinajstić information content (AvgIpc) is 2.13. The monoisotopic (exact) mass is 327 g/mol. The Morgan fingerprint density at radius 2 is 1.32 bits per heavy atom. The van der Waals surface area contributed by atoms with E-state index in [-0.39, 0.29) is 46.0 Å². The predicted molar refractivity (Wildman–Crippen MR) is 42.6 cm³/mol. The van der Waals surface area contributed by atoms with Crippen molar-refractivity contribution in [3.05, 3.63) is 0 Å². The zero-order chi connectivity index (χ0) is 13.6. The summed E-state index contributed by atoms with van der Waals surface area (Å²) in [4.78, 5) is 41.3. The second-order valence-electron chi connectivity index (χ2n) is 3.08. The van der Waals surface area contributed by atoms with Crippen molar-refractivity contribution in [3.63, 3.8) is 0 Å². The summed E-state index contributed by atoms with van der Waals surface area (Å²) >= 11 is 0. The molecule has 9 nitrogen and oxygen atoms in total. The molecule has 0 aliphatic carbocycles. The van der Waals surface area contributed by atoms with Crippen LogP contribution in [0, 0.1) is 0 Å². The van der Waals surface area contributed by atoms with Crippen LogP contribution in [0.3, 0.4) is 0 Å². The van der Waals surface area contributed by atoms with Gasteiger partial charge in [-0.25, -0.2) is 0 Å². The van der Waals surface area contributed by atoms with Crippen LogP contribution in [0.4, 0.5) is 0 Å². The molecule has 0 fully saturated rings. The molecule has 2 unspecified atom stereocenters.